The quantitative estimate of drug-likeness (QED) is 0.557. The van der Waals surface area contributed by atoms with Gasteiger partial charge in [0.15, 0.2) is 0 Å². The topological polar surface area (TPSA) is 52.9 Å². The average Bonchev–Trinajstić information content (AvgIpc) is 1.89. The molecule has 0 heterocycles. The molecule has 50 valence electrons. The lowest BCUT2D eigenvalue weighted by Crippen LogP contribution is -2.16. The van der Waals surface area contributed by atoms with E-state index in [9.17, 15) is 4.79 Å². The van der Waals surface area contributed by atoms with Crippen molar-refractivity contribution in [3.8, 4) is 6.07 Å². The van der Waals surface area contributed by atoms with E-state index in [-0.39, 0.29) is 5.91 Å². The van der Waals surface area contributed by atoms with Crippen molar-refractivity contribution < 1.29 is 4.79 Å². The molecule has 0 unspecified atom stereocenters. The van der Waals surface area contributed by atoms with Crippen LogP contribution >= 0.6 is 0 Å². The highest BCUT2D eigenvalue weighted by molar-refractivity contribution is 5.75. The van der Waals surface area contributed by atoms with E-state index < -0.39 is 0 Å². The molecule has 1 N–H and O–H groups in total. The minimum absolute atomic E-state index is 0.00486. The van der Waals surface area contributed by atoms with Crippen LogP contribution in [0.1, 0.15) is 19.3 Å². The lowest BCUT2D eigenvalue weighted by molar-refractivity contribution is -0.120. The molecule has 0 bridgehead atoms. The molecule has 3 heteroatoms. The van der Waals surface area contributed by atoms with Gasteiger partial charge in [0.05, 0.1) is 6.07 Å². The van der Waals surface area contributed by atoms with Crippen molar-refractivity contribution >= 4 is 5.91 Å². The average molecular weight is 126 g/mol. The molecule has 0 aromatic heterocycles. The van der Waals surface area contributed by atoms with Crippen molar-refractivity contribution in [1.82, 2.24) is 5.32 Å². The van der Waals surface area contributed by atoms with E-state index in [0.717, 1.165) is 0 Å². The number of rotatable bonds is 3. The number of amides is 1. The maximum absolute atomic E-state index is 10.5. The standard InChI is InChI=1S/C6H10N2O/c1-8-6(9)4-2-3-5-7/h2-4H2,1H3,(H,8,9). The van der Waals surface area contributed by atoms with Crippen LogP contribution in [0.5, 0.6) is 0 Å². The molecule has 0 fully saturated rings. The van der Waals surface area contributed by atoms with E-state index in [4.69, 9.17) is 5.26 Å². The van der Waals surface area contributed by atoms with Gasteiger partial charge in [-0.05, 0) is 6.42 Å². The van der Waals surface area contributed by atoms with Crippen LogP contribution in [0.15, 0.2) is 0 Å². The first-order valence-corrected chi connectivity index (χ1v) is 2.88. The molecule has 0 aromatic carbocycles. The number of carbonyl (C=O) groups excluding carboxylic acids is 1. The molecule has 0 aliphatic carbocycles. The molecule has 0 radical (unpaired) electrons. The van der Waals surface area contributed by atoms with Crippen LogP contribution in [-0.4, -0.2) is 13.0 Å². The number of hydrogen-bond acceptors (Lipinski definition) is 2. The molecule has 9 heavy (non-hydrogen) atoms. The Kier molecular flexibility index (Phi) is 4.51. The van der Waals surface area contributed by atoms with Crippen LogP contribution in [0.25, 0.3) is 0 Å². The number of nitriles is 1. The number of nitrogens with one attached hydrogen (secondary N) is 1. The number of hydrogen-bond donors (Lipinski definition) is 1. The second-order valence-electron chi connectivity index (χ2n) is 1.68. The Balaban J connectivity index is 3.09. The van der Waals surface area contributed by atoms with Gasteiger partial charge >= 0.3 is 0 Å². The summed E-state index contributed by atoms with van der Waals surface area (Å²) in [6, 6.07) is 1.97. The van der Waals surface area contributed by atoms with E-state index in [1.165, 1.54) is 0 Å². The molecule has 0 spiro atoms. The summed E-state index contributed by atoms with van der Waals surface area (Å²) >= 11 is 0. The predicted molar refractivity (Wildman–Crippen MR) is 33.5 cm³/mol. The third-order valence-corrected chi connectivity index (χ3v) is 0.971. The highest BCUT2D eigenvalue weighted by Crippen LogP contribution is 1.91. The first-order valence-electron chi connectivity index (χ1n) is 2.88. The van der Waals surface area contributed by atoms with Crippen LogP contribution in [0.3, 0.4) is 0 Å². The normalized spacial score (nSPS) is 8.00. The van der Waals surface area contributed by atoms with Gasteiger partial charge in [0.1, 0.15) is 0 Å². The zero-order valence-corrected chi connectivity index (χ0v) is 5.48. The Morgan fingerprint density at radius 2 is 2.44 bits per heavy atom. The molecule has 1 amide bonds. The fourth-order valence-corrected chi connectivity index (χ4v) is 0.453. The van der Waals surface area contributed by atoms with E-state index in [1.807, 2.05) is 6.07 Å². The first-order chi connectivity index (χ1) is 4.31. The van der Waals surface area contributed by atoms with Crippen molar-refractivity contribution in [2.75, 3.05) is 7.05 Å². The van der Waals surface area contributed by atoms with Gasteiger partial charge in [-0.1, -0.05) is 0 Å². The number of carbonyl (C=O) groups is 1. The third kappa shape index (κ3) is 4.82. The van der Waals surface area contributed by atoms with E-state index in [1.54, 1.807) is 7.05 Å². The van der Waals surface area contributed by atoms with Crippen LogP contribution in [0.4, 0.5) is 0 Å². The highest BCUT2D eigenvalue weighted by atomic mass is 16.1. The molecule has 0 saturated carbocycles. The Labute approximate surface area is 54.7 Å². The zero-order valence-electron chi connectivity index (χ0n) is 5.48. The summed E-state index contributed by atoms with van der Waals surface area (Å²) in [5.74, 6) is 0.00486. The number of nitrogens with zero attached hydrogens (tertiary/aromatic N) is 1. The third-order valence-electron chi connectivity index (χ3n) is 0.971. The van der Waals surface area contributed by atoms with Gasteiger partial charge in [0.2, 0.25) is 5.91 Å². The van der Waals surface area contributed by atoms with E-state index in [2.05, 4.69) is 5.32 Å². The van der Waals surface area contributed by atoms with Crippen LogP contribution < -0.4 is 5.32 Å². The summed E-state index contributed by atoms with van der Waals surface area (Å²) in [7, 11) is 1.59. The summed E-state index contributed by atoms with van der Waals surface area (Å²) in [5.41, 5.74) is 0. The van der Waals surface area contributed by atoms with Gasteiger partial charge < -0.3 is 5.32 Å². The van der Waals surface area contributed by atoms with Gasteiger partial charge in [0, 0.05) is 19.9 Å². The maximum atomic E-state index is 10.5. The summed E-state index contributed by atoms with van der Waals surface area (Å²) in [6.45, 7) is 0. The SMILES string of the molecule is CNC(=O)CCCC#N. The van der Waals surface area contributed by atoms with Crippen LogP contribution in [0, 0.1) is 11.3 Å². The van der Waals surface area contributed by atoms with Gasteiger partial charge in [-0.3, -0.25) is 4.79 Å². The Bertz CT molecular complexity index is 126. The Morgan fingerprint density at radius 1 is 1.78 bits per heavy atom. The van der Waals surface area contributed by atoms with Crippen LogP contribution in [-0.2, 0) is 4.79 Å². The van der Waals surface area contributed by atoms with E-state index >= 15 is 0 Å². The molecular formula is C6H10N2O. The van der Waals surface area contributed by atoms with Crippen molar-refractivity contribution in [3.05, 3.63) is 0 Å². The molecular weight excluding hydrogens is 116 g/mol. The van der Waals surface area contributed by atoms with Crippen molar-refractivity contribution in [1.29, 1.82) is 5.26 Å². The Hall–Kier alpha value is -1.04. The van der Waals surface area contributed by atoms with Gasteiger partial charge in [0.25, 0.3) is 0 Å². The molecule has 0 atom stereocenters. The second kappa shape index (κ2) is 5.10. The van der Waals surface area contributed by atoms with Crippen molar-refractivity contribution in [2.24, 2.45) is 0 Å². The molecule has 0 rings (SSSR count). The summed E-state index contributed by atoms with van der Waals surface area (Å²) < 4.78 is 0. The monoisotopic (exact) mass is 126 g/mol. The fourth-order valence-electron chi connectivity index (χ4n) is 0.453. The van der Waals surface area contributed by atoms with Gasteiger partial charge in [-0.25, -0.2) is 0 Å². The van der Waals surface area contributed by atoms with Crippen LogP contribution in [0.2, 0.25) is 0 Å². The summed E-state index contributed by atoms with van der Waals surface area (Å²) in [4.78, 5) is 10.5. The lowest BCUT2D eigenvalue weighted by Gasteiger charge is -1.93. The smallest absolute Gasteiger partial charge is 0.219 e. The molecule has 3 nitrogen and oxygen atoms in total. The minimum Gasteiger partial charge on any atom is -0.359 e. The Morgan fingerprint density at radius 3 is 2.89 bits per heavy atom. The molecule has 0 saturated heterocycles. The minimum atomic E-state index is 0.00486. The first kappa shape index (κ1) is 7.96. The van der Waals surface area contributed by atoms with Gasteiger partial charge in [-0.15, -0.1) is 0 Å². The zero-order chi connectivity index (χ0) is 7.11. The summed E-state index contributed by atoms with van der Waals surface area (Å²) in [5, 5.41) is 10.5. The van der Waals surface area contributed by atoms with Crippen molar-refractivity contribution in [2.45, 2.75) is 19.3 Å². The van der Waals surface area contributed by atoms with E-state index in [0.29, 0.717) is 19.3 Å². The maximum Gasteiger partial charge on any atom is 0.219 e. The second-order valence-corrected chi connectivity index (χ2v) is 1.68. The number of unbranched alkanes of at least 4 members (excludes halogenated alkanes) is 1. The largest absolute Gasteiger partial charge is 0.359 e. The molecule has 0 aliphatic heterocycles. The highest BCUT2D eigenvalue weighted by Gasteiger charge is 1.94. The van der Waals surface area contributed by atoms with Crippen molar-refractivity contribution in [3.63, 3.8) is 0 Å². The summed E-state index contributed by atoms with van der Waals surface area (Å²) in [6.07, 6.45) is 1.59. The predicted octanol–water partition coefficient (Wildman–Crippen LogP) is 0.426. The van der Waals surface area contributed by atoms with Gasteiger partial charge in [-0.2, -0.15) is 5.26 Å². The molecule has 0 aliphatic rings. The fraction of sp³-hybridized carbons (Fsp3) is 0.667. The lowest BCUT2D eigenvalue weighted by atomic mass is 10.2. The molecule has 0 aromatic rings.